The van der Waals surface area contributed by atoms with Crippen LogP contribution in [-0.4, -0.2) is 20.6 Å². The van der Waals surface area contributed by atoms with Crippen LogP contribution in [-0.2, 0) is 0 Å². The Morgan fingerprint density at radius 2 is 2.20 bits per heavy atom. The zero-order valence-electron chi connectivity index (χ0n) is 8.50. The molecule has 0 aromatic carbocycles. The first-order valence-corrected chi connectivity index (χ1v) is 5.40. The van der Waals surface area contributed by atoms with Crippen molar-refractivity contribution in [2.75, 3.05) is 0 Å². The number of fused-ring (bicyclic) bond motifs is 1. The van der Waals surface area contributed by atoms with Crippen LogP contribution in [0.25, 0.3) is 5.65 Å². The van der Waals surface area contributed by atoms with Gasteiger partial charge in [0.15, 0.2) is 5.65 Å². The first-order chi connectivity index (χ1) is 7.34. The minimum Gasteiger partial charge on any atom is -0.328 e. The van der Waals surface area contributed by atoms with Gasteiger partial charge in [0.2, 0.25) is 0 Å². The smallest absolute Gasteiger partial charge is 0.160 e. The van der Waals surface area contributed by atoms with Gasteiger partial charge < -0.3 is 5.73 Å². The fourth-order valence-corrected chi connectivity index (χ4v) is 2.39. The van der Waals surface area contributed by atoms with Crippen LogP contribution in [0.3, 0.4) is 0 Å². The Hall–Kier alpha value is -1.42. The molecule has 0 saturated heterocycles. The van der Waals surface area contributed by atoms with Crippen LogP contribution >= 0.6 is 0 Å². The number of hydrogen-bond acceptors (Lipinski definition) is 3. The third kappa shape index (κ3) is 1.41. The summed E-state index contributed by atoms with van der Waals surface area (Å²) in [5.74, 6) is 1.55. The lowest BCUT2D eigenvalue weighted by Gasteiger charge is -2.06. The van der Waals surface area contributed by atoms with Crippen molar-refractivity contribution in [1.82, 2.24) is 14.6 Å². The third-order valence-corrected chi connectivity index (χ3v) is 3.18. The van der Waals surface area contributed by atoms with Gasteiger partial charge in [0.05, 0.1) is 0 Å². The summed E-state index contributed by atoms with van der Waals surface area (Å²) in [6.45, 7) is 0. The predicted octanol–water partition coefficient (Wildman–Crippen LogP) is 1.32. The summed E-state index contributed by atoms with van der Waals surface area (Å²) >= 11 is 0. The normalized spacial score (nSPS) is 26.2. The van der Waals surface area contributed by atoms with E-state index in [0.717, 1.165) is 30.7 Å². The molecule has 0 aliphatic heterocycles. The van der Waals surface area contributed by atoms with E-state index in [4.69, 9.17) is 5.73 Å². The maximum absolute atomic E-state index is 5.92. The van der Waals surface area contributed by atoms with Crippen molar-refractivity contribution >= 4 is 5.65 Å². The molecule has 4 heteroatoms. The Balaban J connectivity index is 2.04. The molecule has 3 rings (SSSR count). The quantitative estimate of drug-likeness (QED) is 0.758. The second-order valence-electron chi connectivity index (χ2n) is 4.26. The van der Waals surface area contributed by atoms with Crippen molar-refractivity contribution < 1.29 is 0 Å². The number of nitrogens with two attached hydrogens (primary N) is 1. The third-order valence-electron chi connectivity index (χ3n) is 3.18. The van der Waals surface area contributed by atoms with E-state index in [1.165, 1.54) is 0 Å². The molecule has 2 aromatic rings. The van der Waals surface area contributed by atoms with Crippen LogP contribution in [0, 0.1) is 0 Å². The van der Waals surface area contributed by atoms with Crippen molar-refractivity contribution in [2.24, 2.45) is 5.73 Å². The van der Waals surface area contributed by atoms with E-state index in [2.05, 4.69) is 14.6 Å². The highest BCUT2D eigenvalue weighted by molar-refractivity contribution is 5.37. The molecular weight excluding hydrogens is 188 g/mol. The number of rotatable bonds is 1. The van der Waals surface area contributed by atoms with Crippen LogP contribution in [0.5, 0.6) is 0 Å². The molecule has 1 saturated carbocycles. The van der Waals surface area contributed by atoms with Crippen molar-refractivity contribution in [3.05, 3.63) is 30.2 Å². The topological polar surface area (TPSA) is 56.2 Å². The van der Waals surface area contributed by atoms with Crippen molar-refractivity contribution in [1.29, 1.82) is 0 Å². The molecule has 0 amide bonds. The summed E-state index contributed by atoms with van der Waals surface area (Å²) in [6.07, 6.45) is 5.30. The molecule has 78 valence electrons. The molecule has 4 nitrogen and oxygen atoms in total. The largest absolute Gasteiger partial charge is 0.328 e. The molecule has 1 aliphatic rings. The van der Waals surface area contributed by atoms with Crippen LogP contribution in [0.2, 0.25) is 0 Å². The Morgan fingerprint density at radius 1 is 1.27 bits per heavy atom. The van der Waals surface area contributed by atoms with Gasteiger partial charge in [-0.1, -0.05) is 6.07 Å². The lowest BCUT2D eigenvalue weighted by Crippen LogP contribution is -2.14. The van der Waals surface area contributed by atoms with Gasteiger partial charge in [-0.25, -0.2) is 0 Å². The molecule has 1 aliphatic carbocycles. The second-order valence-corrected chi connectivity index (χ2v) is 4.26. The summed E-state index contributed by atoms with van der Waals surface area (Å²) in [5, 5.41) is 8.43. The summed E-state index contributed by atoms with van der Waals surface area (Å²) in [4.78, 5) is 0. The van der Waals surface area contributed by atoms with E-state index in [1.807, 2.05) is 24.4 Å². The van der Waals surface area contributed by atoms with Gasteiger partial charge in [-0.2, -0.15) is 0 Å². The minimum atomic E-state index is 0.339. The maximum Gasteiger partial charge on any atom is 0.160 e. The van der Waals surface area contributed by atoms with E-state index in [-0.39, 0.29) is 0 Å². The monoisotopic (exact) mass is 202 g/mol. The van der Waals surface area contributed by atoms with E-state index in [0.29, 0.717) is 12.0 Å². The van der Waals surface area contributed by atoms with E-state index >= 15 is 0 Å². The van der Waals surface area contributed by atoms with Gasteiger partial charge in [-0.15, -0.1) is 10.2 Å². The summed E-state index contributed by atoms with van der Waals surface area (Å²) in [7, 11) is 0. The molecule has 2 unspecified atom stereocenters. The number of hydrogen-bond donors (Lipinski definition) is 1. The highest BCUT2D eigenvalue weighted by atomic mass is 15.2. The Morgan fingerprint density at radius 3 is 3.00 bits per heavy atom. The molecule has 15 heavy (non-hydrogen) atoms. The zero-order chi connectivity index (χ0) is 10.3. The van der Waals surface area contributed by atoms with Gasteiger partial charge in [0.25, 0.3) is 0 Å². The lowest BCUT2D eigenvalue weighted by molar-refractivity contribution is 0.636. The molecular formula is C11H14N4. The number of aromatic nitrogens is 3. The van der Waals surface area contributed by atoms with Crippen molar-refractivity contribution in [2.45, 2.75) is 31.2 Å². The van der Waals surface area contributed by atoms with E-state index in [1.54, 1.807) is 0 Å². The molecule has 0 radical (unpaired) electrons. The number of pyridine rings is 1. The molecule has 2 heterocycles. The number of nitrogens with zero attached hydrogens (tertiary/aromatic N) is 3. The van der Waals surface area contributed by atoms with Crippen LogP contribution in [0.4, 0.5) is 0 Å². The molecule has 0 bridgehead atoms. The maximum atomic E-state index is 5.92. The van der Waals surface area contributed by atoms with Crippen LogP contribution in [0.15, 0.2) is 24.4 Å². The van der Waals surface area contributed by atoms with E-state index < -0.39 is 0 Å². The molecule has 2 N–H and O–H groups in total. The molecule has 2 aromatic heterocycles. The van der Waals surface area contributed by atoms with Crippen molar-refractivity contribution in [3.63, 3.8) is 0 Å². The predicted molar refractivity (Wildman–Crippen MR) is 57.6 cm³/mol. The standard InChI is InChI=1S/C11H14N4/c12-9-5-4-8(7-9)11-14-13-10-3-1-2-6-15(10)11/h1-3,6,8-9H,4-5,7,12H2. The minimum absolute atomic E-state index is 0.339. The molecule has 2 atom stereocenters. The first-order valence-electron chi connectivity index (χ1n) is 5.40. The zero-order valence-corrected chi connectivity index (χ0v) is 8.50. The Bertz CT molecular complexity index is 476. The highest BCUT2D eigenvalue weighted by Gasteiger charge is 2.26. The summed E-state index contributed by atoms with van der Waals surface area (Å²) < 4.78 is 2.07. The van der Waals surface area contributed by atoms with E-state index in [9.17, 15) is 0 Å². The Labute approximate surface area is 88.1 Å². The fourth-order valence-electron chi connectivity index (χ4n) is 2.39. The van der Waals surface area contributed by atoms with Crippen molar-refractivity contribution in [3.8, 4) is 0 Å². The van der Waals surface area contributed by atoms with Gasteiger partial charge in [0.1, 0.15) is 5.82 Å². The highest BCUT2D eigenvalue weighted by Crippen LogP contribution is 2.32. The average Bonchev–Trinajstić information content (AvgIpc) is 2.83. The summed E-state index contributed by atoms with van der Waals surface area (Å²) in [5.41, 5.74) is 6.84. The summed E-state index contributed by atoms with van der Waals surface area (Å²) in [6, 6.07) is 6.31. The lowest BCUT2D eigenvalue weighted by atomic mass is 10.1. The SMILES string of the molecule is NC1CCC(c2nnc3ccccn23)C1. The fraction of sp³-hybridized carbons (Fsp3) is 0.455. The first kappa shape index (κ1) is 8.85. The van der Waals surface area contributed by atoms with Gasteiger partial charge in [0, 0.05) is 18.2 Å². The average molecular weight is 202 g/mol. The molecule has 1 fully saturated rings. The van der Waals surface area contributed by atoms with Crippen LogP contribution < -0.4 is 5.73 Å². The van der Waals surface area contributed by atoms with Crippen LogP contribution in [0.1, 0.15) is 31.0 Å². The second kappa shape index (κ2) is 3.31. The molecule has 0 spiro atoms. The van der Waals surface area contributed by atoms with Gasteiger partial charge >= 0.3 is 0 Å². The van der Waals surface area contributed by atoms with Gasteiger partial charge in [-0.3, -0.25) is 4.40 Å². The Kier molecular flexibility index (Phi) is 1.95. The van der Waals surface area contributed by atoms with Gasteiger partial charge in [-0.05, 0) is 31.4 Å².